The second-order valence-corrected chi connectivity index (χ2v) is 4.06. The van der Waals surface area contributed by atoms with Gasteiger partial charge < -0.3 is 20.4 Å². The maximum absolute atomic E-state index is 10.9. The molecule has 2 aromatic carbocycles. The van der Waals surface area contributed by atoms with Crippen molar-refractivity contribution in [2.24, 2.45) is 0 Å². The predicted molar refractivity (Wildman–Crippen MR) is 75.0 cm³/mol. The Labute approximate surface area is 120 Å². The third-order valence-corrected chi connectivity index (χ3v) is 2.59. The Hall–Kier alpha value is -3.02. The summed E-state index contributed by atoms with van der Waals surface area (Å²) < 4.78 is 0. The third kappa shape index (κ3) is 5.23. The topological polar surface area (TPSA) is 115 Å². The quantitative estimate of drug-likeness (QED) is 0.691. The molecule has 0 atom stereocenters. The van der Waals surface area contributed by atoms with Crippen molar-refractivity contribution in [2.45, 2.75) is 6.42 Å². The SMILES string of the molecule is O=C(O)O.O=C(O)c1cccc(Cc2ccccc2)c1O. The van der Waals surface area contributed by atoms with Crippen molar-refractivity contribution in [3.05, 3.63) is 65.2 Å². The predicted octanol–water partition coefficient (Wildman–Crippen LogP) is 2.90. The van der Waals surface area contributed by atoms with E-state index in [2.05, 4.69) is 0 Å². The number of rotatable bonds is 3. The number of carboxylic acids is 1. The van der Waals surface area contributed by atoms with E-state index in [0.29, 0.717) is 12.0 Å². The second kappa shape index (κ2) is 7.54. The summed E-state index contributed by atoms with van der Waals surface area (Å²) in [5, 5.41) is 32.7. The van der Waals surface area contributed by atoms with E-state index in [-0.39, 0.29) is 11.3 Å². The molecule has 0 fully saturated rings. The van der Waals surface area contributed by atoms with E-state index in [1.165, 1.54) is 6.07 Å². The zero-order valence-corrected chi connectivity index (χ0v) is 10.9. The first-order valence-electron chi connectivity index (χ1n) is 5.91. The van der Waals surface area contributed by atoms with Crippen LogP contribution < -0.4 is 0 Å². The van der Waals surface area contributed by atoms with Gasteiger partial charge in [-0.25, -0.2) is 9.59 Å². The molecule has 0 aliphatic carbocycles. The Morgan fingerprint density at radius 2 is 1.43 bits per heavy atom. The fraction of sp³-hybridized carbons (Fsp3) is 0.0667. The third-order valence-electron chi connectivity index (χ3n) is 2.59. The summed E-state index contributed by atoms with van der Waals surface area (Å²) in [6, 6.07) is 14.4. The van der Waals surface area contributed by atoms with Gasteiger partial charge in [-0.1, -0.05) is 42.5 Å². The average Bonchev–Trinajstić information content (AvgIpc) is 2.41. The fourth-order valence-electron chi connectivity index (χ4n) is 1.72. The van der Waals surface area contributed by atoms with E-state index in [1.807, 2.05) is 30.3 Å². The molecule has 6 nitrogen and oxygen atoms in total. The van der Waals surface area contributed by atoms with Crippen molar-refractivity contribution >= 4 is 12.1 Å². The molecule has 0 aromatic heterocycles. The number of aromatic carboxylic acids is 1. The van der Waals surface area contributed by atoms with Gasteiger partial charge in [0.05, 0.1) is 0 Å². The molecule has 0 unspecified atom stereocenters. The Kier molecular flexibility index (Phi) is 5.76. The molecule has 0 radical (unpaired) electrons. The molecule has 110 valence electrons. The van der Waals surface area contributed by atoms with Gasteiger partial charge >= 0.3 is 12.1 Å². The molecule has 6 heteroatoms. The van der Waals surface area contributed by atoms with Crippen LogP contribution in [0.3, 0.4) is 0 Å². The number of carboxylic acid groups (broad SMARTS) is 3. The van der Waals surface area contributed by atoms with Crippen molar-refractivity contribution in [3.63, 3.8) is 0 Å². The van der Waals surface area contributed by atoms with E-state index in [9.17, 15) is 9.90 Å². The Morgan fingerprint density at radius 1 is 0.857 bits per heavy atom. The molecule has 0 amide bonds. The highest BCUT2D eigenvalue weighted by Crippen LogP contribution is 2.24. The summed E-state index contributed by atoms with van der Waals surface area (Å²) in [4.78, 5) is 19.4. The molecule has 0 saturated carbocycles. The minimum absolute atomic E-state index is 0.0570. The molecular formula is C15H14O6. The second-order valence-electron chi connectivity index (χ2n) is 4.06. The first-order valence-corrected chi connectivity index (χ1v) is 5.91. The number of para-hydroxylation sites is 1. The maximum Gasteiger partial charge on any atom is 0.503 e. The van der Waals surface area contributed by atoms with Crippen molar-refractivity contribution in [2.75, 3.05) is 0 Å². The fourth-order valence-corrected chi connectivity index (χ4v) is 1.72. The lowest BCUT2D eigenvalue weighted by molar-refractivity contribution is 0.0693. The van der Waals surface area contributed by atoms with Gasteiger partial charge in [0, 0.05) is 6.42 Å². The normalized spacial score (nSPS) is 9.33. The van der Waals surface area contributed by atoms with Crippen LogP contribution in [0.15, 0.2) is 48.5 Å². The molecule has 2 aromatic rings. The van der Waals surface area contributed by atoms with E-state index in [1.54, 1.807) is 12.1 Å². The van der Waals surface area contributed by atoms with Gasteiger partial charge in [-0.05, 0) is 17.2 Å². The van der Waals surface area contributed by atoms with Crippen LogP contribution in [-0.4, -0.2) is 32.6 Å². The smallest absolute Gasteiger partial charge is 0.503 e. The van der Waals surface area contributed by atoms with Crippen molar-refractivity contribution in [1.82, 2.24) is 0 Å². The molecule has 0 saturated heterocycles. The summed E-state index contributed by atoms with van der Waals surface area (Å²) in [6.07, 6.45) is -1.31. The number of phenols is 1. The largest absolute Gasteiger partial charge is 0.507 e. The van der Waals surface area contributed by atoms with Crippen LogP contribution in [0.2, 0.25) is 0 Å². The molecule has 2 rings (SSSR count). The number of aromatic hydroxyl groups is 1. The van der Waals surface area contributed by atoms with Gasteiger partial charge in [-0.3, -0.25) is 0 Å². The summed E-state index contributed by atoms with van der Waals surface area (Å²) >= 11 is 0. The van der Waals surface area contributed by atoms with Crippen LogP contribution in [0.5, 0.6) is 5.75 Å². The van der Waals surface area contributed by atoms with E-state index >= 15 is 0 Å². The molecule has 0 bridgehead atoms. The Bertz CT molecular complexity index is 617. The molecular weight excluding hydrogens is 276 g/mol. The summed E-state index contributed by atoms with van der Waals surface area (Å²) in [6.45, 7) is 0. The highest BCUT2D eigenvalue weighted by Gasteiger charge is 2.12. The van der Waals surface area contributed by atoms with Crippen LogP contribution in [0, 0.1) is 0 Å². The first-order chi connectivity index (χ1) is 9.91. The van der Waals surface area contributed by atoms with Crippen molar-refractivity contribution in [3.8, 4) is 5.75 Å². The number of benzene rings is 2. The maximum atomic E-state index is 10.9. The molecule has 0 spiro atoms. The monoisotopic (exact) mass is 290 g/mol. The number of hydrogen-bond donors (Lipinski definition) is 4. The lowest BCUT2D eigenvalue weighted by Crippen LogP contribution is -1.99. The van der Waals surface area contributed by atoms with Gasteiger partial charge in [-0.15, -0.1) is 0 Å². The lowest BCUT2D eigenvalue weighted by atomic mass is 10.0. The van der Waals surface area contributed by atoms with Crippen LogP contribution in [-0.2, 0) is 6.42 Å². The van der Waals surface area contributed by atoms with E-state index in [0.717, 1.165) is 5.56 Å². The lowest BCUT2D eigenvalue weighted by Gasteiger charge is -2.07. The van der Waals surface area contributed by atoms with Crippen LogP contribution in [0.25, 0.3) is 0 Å². The molecule has 0 aliphatic rings. The van der Waals surface area contributed by atoms with Crippen LogP contribution in [0.1, 0.15) is 21.5 Å². The van der Waals surface area contributed by atoms with Gasteiger partial charge in [0.15, 0.2) is 0 Å². The zero-order valence-electron chi connectivity index (χ0n) is 10.9. The van der Waals surface area contributed by atoms with Gasteiger partial charge in [-0.2, -0.15) is 0 Å². The highest BCUT2D eigenvalue weighted by molar-refractivity contribution is 5.91. The molecule has 4 N–H and O–H groups in total. The molecule has 0 aliphatic heterocycles. The summed E-state index contributed by atoms with van der Waals surface area (Å²) in [7, 11) is 0. The van der Waals surface area contributed by atoms with Crippen molar-refractivity contribution < 1.29 is 30.0 Å². The van der Waals surface area contributed by atoms with Gasteiger partial charge in [0.25, 0.3) is 0 Å². The number of carbonyl (C=O) groups is 2. The average molecular weight is 290 g/mol. The molecule has 0 heterocycles. The Morgan fingerprint density at radius 3 is 1.95 bits per heavy atom. The number of hydrogen-bond acceptors (Lipinski definition) is 3. The van der Waals surface area contributed by atoms with Crippen LogP contribution >= 0.6 is 0 Å². The first kappa shape index (κ1) is 16.0. The minimum atomic E-state index is -1.83. The van der Waals surface area contributed by atoms with Gasteiger partial charge in [0.2, 0.25) is 0 Å². The van der Waals surface area contributed by atoms with Crippen molar-refractivity contribution in [1.29, 1.82) is 0 Å². The Balaban J connectivity index is 0.000000491. The molecule has 21 heavy (non-hydrogen) atoms. The van der Waals surface area contributed by atoms with Crippen LogP contribution in [0.4, 0.5) is 4.79 Å². The minimum Gasteiger partial charge on any atom is -0.507 e. The summed E-state index contributed by atoms with van der Waals surface area (Å²) in [5.74, 6) is -1.26. The van der Waals surface area contributed by atoms with Gasteiger partial charge in [0.1, 0.15) is 11.3 Å². The summed E-state index contributed by atoms with van der Waals surface area (Å²) in [5.41, 5.74) is 1.60. The zero-order chi connectivity index (χ0) is 15.8. The highest BCUT2D eigenvalue weighted by atomic mass is 16.6. The standard InChI is InChI=1S/C14H12O3.CH2O3/c15-13-11(7-4-8-12(13)14(16)17)9-10-5-2-1-3-6-10;2-1(3)4/h1-8,15H,9H2,(H,16,17);(H2,2,3,4). The van der Waals surface area contributed by atoms with E-state index in [4.69, 9.17) is 20.1 Å². The van der Waals surface area contributed by atoms with E-state index < -0.39 is 12.1 Å².